The van der Waals surface area contributed by atoms with Crippen molar-refractivity contribution in [3.05, 3.63) is 5.41 Å². The number of aliphatic imine (C=N–C) groups is 1. The number of hydrogen-bond acceptors (Lipinski definition) is 3. The molecule has 1 rings (SSSR count). The van der Waals surface area contributed by atoms with Gasteiger partial charge in [-0.05, 0) is 20.3 Å². The standard InChI is InChI=1S/C11H24NO.C2N3/c1-4-7-12(8-5-6-9-12)10-13-11(2)3;3-1-5-2-4/h11H,4-10H2,1-3H3;/q+1;-1. The third-order valence-corrected chi connectivity index (χ3v) is 2.99. The molecule has 0 N–H and O–H groups in total. The van der Waals surface area contributed by atoms with Gasteiger partial charge in [0.2, 0.25) is 0 Å². The van der Waals surface area contributed by atoms with Crippen molar-refractivity contribution in [3.8, 4) is 6.19 Å². The van der Waals surface area contributed by atoms with Crippen LogP contribution in [0.25, 0.3) is 5.41 Å². The third kappa shape index (κ3) is 7.18. The number of hydrogen-bond donors (Lipinski definition) is 0. The van der Waals surface area contributed by atoms with Crippen molar-refractivity contribution < 1.29 is 9.22 Å². The Morgan fingerprint density at radius 2 is 2.00 bits per heavy atom. The van der Waals surface area contributed by atoms with Crippen LogP contribution in [0, 0.1) is 11.5 Å². The van der Waals surface area contributed by atoms with E-state index in [2.05, 4.69) is 25.8 Å². The van der Waals surface area contributed by atoms with Gasteiger partial charge in [0.15, 0.2) is 6.73 Å². The maximum Gasteiger partial charge on any atom is 0.183 e. The van der Waals surface area contributed by atoms with Crippen LogP contribution in [-0.4, -0.2) is 43.0 Å². The van der Waals surface area contributed by atoms with Crippen LogP contribution in [0.4, 0.5) is 0 Å². The van der Waals surface area contributed by atoms with Crippen molar-refractivity contribution in [2.75, 3.05) is 26.4 Å². The molecule has 1 heterocycles. The molecule has 102 valence electrons. The van der Waals surface area contributed by atoms with Crippen molar-refractivity contribution in [1.82, 2.24) is 0 Å². The molecule has 0 atom stereocenters. The summed E-state index contributed by atoms with van der Waals surface area (Å²) in [4.78, 5) is 2.58. The zero-order valence-corrected chi connectivity index (χ0v) is 11.7. The molecule has 0 saturated carbocycles. The normalized spacial score (nSPS) is 16.4. The maximum absolute atomic E-state index is 7.43. The summed E-state index contributed by atoms with van der Waals surface area (Å²) in [6.45, 7) is 11.4. The molecular formula is C13H24N4O. The van der Waals surface area contributed by atoms with Crippen LogP contribution in [0.3, 0.4) is 0 Å². The van der Waals surface area contributed by atoms with Crippen LogP contribution in [0.1, 0.15) is 40.0 Å². The SMILES string of the molecule is CCC[N+]1(COC(C)C)CCCC1.N#CN=C=[N-]. The predicted molar refractivity (Wildman–Crippen MR) is 71.9 cm³/mol. The Bertz CT molecular complexity index is 297. The van der Waals surface area contributed by atoms with E-state index in [-0.39, 0.29) is 0 Å². The summed E-state index contributed by atoms with van der Waals surface area (Å²) < 4.78 is 6.97. The molecule has 0 unspecified atom stereocenters. The van der Waals surface area contributed by atoms with Gasteiger partial charge in [-0.2, -0.15) is 5.26 Å². The minimum absolute atomic E-state index is 0.382. The average Bonchev–Trinajstić information content (AvgIpc) is 2.78. The lowest BCUT2D eigenvalue weighted by Crippen LogP contribution is -2.48. The molecule has 0 aromatic heterocycles. The van der Waals surface area contributed by atoms with Gasteiger partial charge in [0.25, 0.3) is 0 Å². The largest absolute Gasteiger partial charge is 0.422 e. The first-order chi connectivity index (χ1) is 8.60. The molecule has 0 amide bonds. The fraction of sp³-hybridized carbons (Fsp3) is 0.846. The van der Waals surface area contributed by atoms with Crippen LogP contribution in [0.5, 0.6) is 0 Å². The fourth-order valence-electron chi connectivity index (χ4n) is 2.23. The summed E-state index contributed by atoms with van der Waals surface area (Å²) in [6, 6.07) is 1.28. The van der Waals surface area contributed by atoms with Crippen molar-refractivity contribution >= 4 is 6.01 Å². The monoisotopic (exact) mass is 252 g/mol. The Kier molecular flexibility index (Phi) is 9.13. The summed E-state index contributed by atoms with van der Waals surface area (Å²) in [5, 5.41) is 14.9. The third-order valence-electron chi connectivity index (χ3n) is 2.99. The maximum atomic E-state index is 7.43. The van der Waals surface area contributed by atoms with E-state index in [0.717, 1.165) is 6.73 Å². The molecule has 0 radical (unpaired) electrons. The molecule has 0 aliphatic carbocycles. The highest BCUT2D eigenvalue weighted by Crippen LogP contribution is 2.20. The Morgan fingerprint density at radius 3 is 2.33 bits per heavy atom. The van der Waals surface area contributed by atoms with Gasteiger partial charge in [-0.15, -0.1) is 6.01 Å². The van der Waals surface area contributed by atoms with Crippen LogP contribution in [-0.2, 0) is 4.74 Å². The van der Waals surface area contributed by atoms with E-state index >= 15 is 0 Å². The predicted octanol–water partition coefficient (Wildman–Crippen LogP) is 2.60. The first kappa shape index (κ1) is 16.8. The Hall–Kier alpha value is -1.21. The van der Waals surface area contributed by atoms with Crippen molar-refractivity contribution in [2.24, 2.45) is 4.99 Å². The molecular weight excluding hydrogens is 228 g/mol. The molecule has 0 aromatic carbocycles. The first-order valence-electron chi connectivity index (χ1n) is 6.55. The summed E-state index contributed by atoms with van der Waals surface area (Å²) in [7, 11) is 0. The lowest BCUT2D eigenvalue weighted by atomic mass is 10.3. The van der Waals surface area contributed by atoms with Gasteiger partial charge in [0.05, 0.1) is 31.9 Å². The quantitative estimate of drug-likeness (QED) is 0.429. The minimum Gasteiger partial charge on any atom is -0.422 e. The second-order valence-corrected chi connectivity index (χ2v) is 4.88. The molecule has 5 heteroatoms. The number of rotatable bonds is 5. The molecule has 5 nitrogen and oxygen atoms in total. The van der Waals surface area contributed by atoms with Crippen LogP contribution >= 0.6 is 0 Å². The molecule has 0 aromatic rings. The van der Waals surface area contributed by atoms with Crippen molar-refractivity contribution in [3.63, 3.8) is 0 Å². The van der Waals surface area contributed by atoms with Crippen LogP contribution in [0.2, 0.25) is 0 Å². The fourth-order valence-corrected chi connectivity index (χ4v) is 2.23. The molecule has 1 aliphatic heterocycles. The zero-order chi connectivity index (χ0) is 13.9. The minimum atomic E-state index is 0.382. The van der Waals surface area contributed by atoms with Gasteiger partial charge in [-0.25, -0.2) is 0 Å². The number of nitrogens with zero attached hydrogens (tertiary/aromatic N) is 4. The van der Waals surface area contributed by atoms with E-state index in [0.29, 0.717) is 6.10 Å². The molecule has 1 fully saturated rings. The van der Waals surface area contributed by atoms with Gasteiger partial charge in [-0.1, -0.05) is 6.92 Å². The lowest BCUT2D eigenvalue weighted by molar-refractivity contribution is -0.935. The van der Waals surface area contributed by atoms with Gasteiger partial charge < -0.3 is 19.6 Å². The van der Waals surface area contributed by atoms with Crippen LogP contribution < -0.4 is 0 Å². The molecule has 1 aliphatic rings. The highest BCUT2D eigenvalue weighted by Gasteiger charge is 2.31. The zero-order valence-electron chi connectivity index (χ0n) is 11.7. The van der Waals surface area contributed by atoms with Gasteiger partial charge in [0.1, 0.15) is 0 Å². The molecule has 1 saturated heterocycles. The Labute approximate surface area is 110 Å². The topological polar surface area (TPSA) is 67.7 Å². The second kappa shape index (κ2) is 9.78. The van der Waals surface area contributed by atoms with Gasteiger partial charge >= 0.3 is 0 Å². The van der Waals surface area contributed by atoms with Crippen molar-refractivity contribution in [1.29, 1.82) is 5.26 Å². The van der Waals surface area contributed by atoms with E-state index in [4.69, 9.17) is 15.4 Å². The second-order valence-electron chi connectivity index (χ2n) is 4.88. The van der Waals surface area contributed by atoms with E-state index in [1.54, 1.807) is 0 Å². The van der Waals surface area contributed by atoms with E-state index < -0.39 is 0 Å². The summed E-state index contributed by atoms with van der Waals surface area (Å²) in [5.74, 6) is 0. The van der Waals surface area contributed by atoms with Crippen LogP contribution in [0.15, 0.2) is 4.99 Å². The van der Waals surface area contributed by atoms with Gasteiger partial charge in [-0.3, -0.25) is 0 Å². The molecule has 18 heavy (non-hydrogen) atoms. The number of likely N-dealkylation sites (tertiary alicyclic amines) is 1. The molecule has 0 spiro atoms. The number of quaternary nitrogens is 1. The average molecular weight is 252 g/mol. The first-order valence-corrected chi connectivity index (χ1v) is 6.55. The molecule has 0 bridgehead atoms. The van der Waals surface area contributed by atoms with E-state index in [1.165, 1.54) is 55.6 Å². The highest BCUT2D eigenvalue weighted by atomic mass is 16.5. The smallest absolute Gasteiger partial charge is 0.183 e. The highest BCUT2D eigenvalue weighted by molar-refractivity contribution is 5.46. The summed E-state index contributed by atoms with van der Waals surface area (Å²) in [6.07, 6.45) is 5.72. The van der Waals surface area contributed by atoms with E-state index in [9.17, 15) is 0 Å². The van der Waals surface area contributed by atoms with E-state index in [1.807, 2.05) is 0 Å². The summed E-state index contributed by atoms with van der Waals surface area (Å²) >= 11 is 0. The number of nitriles is 1. The van der Waals surface area contributed by atoms with Crippen molar-refractivity contribution in [2.45, 2.75) is 46.1 Å². The Morgan fingerprint density at radius 1 is 1.39 bits per heavy atom. The lowest BCUT2D eigenvalue weighted by Gasteiger charge is -2.34. The summed E-state index contributed by atoms with van der Waals surface area (Å²) in [5.41, 5.74) is 0. The Balaban J connectivity index is 0.000000494. The van der Waals surface area contributed by atoms with Gasteiger partial charge in [0, 0.05) is 12.8 Å². The number of ether oxygens (including phenoxy) is 1.